The molecule has 1 aromatic rings. The number of carboxylic acid groups (broad SMARTS) is 2. The van der Waals surface area contributed by atoms with Crippen molar-refractivity contribution >= 4 is 11.9 Å². The molecule has 0 saturated carbocycles. The van der Waals surface area contributed by atoms with Crippen LogP contribution in [0.1, 0.15) is 31.4 Å². The van der Waals surface area contributed by atoms with Crippen molar-refractivity contribution in [1.29, 1.82) is 0 Å². The highest BCUT2D eigenvalue weighted by Gasteiger charge is 2.14. The van der Waals surface area contributed by atoms with E-state index in [1.54, 1.807) is 0 Å². The van der Waals surface area contributed by atoms with Crippen LogP contribution in [-0.2, 0) is 15.1 Å². The lowest BCUT2D eigenvalue weighted by Gasteiger charge is -2.21. The topological polar surface area (TPSA) is 101 Å². The van der Waals surface area contributed by atoms with Crippen LogP contribution in [0.3, 0.4) is 0 Å². The molecule has 0 amide bonds. The predicted molar refractivity (Wildman–Crippen MR) is 77.4 cm³/mol. The lowest BCUT2D eigenvalue weighted by molar-refractivity contribution is -0.139. The molecule has 0 unspecified atom stereocenters. The maximum atomic E-state index is 9.87. The van der Waals surface area contributed by atoms with Gasteiger partial charge >= 0.3 is 11.9 Å². The first-order valence-electron chi connectivity index (χ1n) is 6.03. The number of aliphatic carboxylic acids is 2. The summed E-state index contributed by atoms with van der Waals surface area (Å²) in [5.74, 6) is -2.44. The zero-order valence-electron chi connectivity index (χ0n) is 12.0. The minimum Gasteiger partial charge on any atom is -0.481 e. The highest BCUT2D eigenvalue weighted by molar-refractivity contribution is 5.91. The van der Waals surface area contributed by atoms with E-state index in [0.29, 0.717) is 0 Å². The molecule has 1 rings (SSSR count). The van der Waals surface area contributed by atoms with Crippen LogP contribution in [0.25, 0.3) is 0 Å². The fourth-order valence-corrected chi connectivity index (χ4v) is 1.55. The van der Waals surface area contributed by atoms with Crippen molar-refractivity contribution in [2.75, 3.05) is 0 Å². The number of hydrogen-bond acceptors (Lipinski definition) is 3. The van der Waals surface area contributed by atoms with Gasteiger partial charge in [0.25, 0.3) is 0 Å². The van der Waals surface area contributed by atoms with Gasteiger partial charge in [0.2, 0.25) is 0 Å². The lowest BCUT2D eigenvalue weighted by Crippen LogP contribution is -2.29. The second-order valence-corrected chi connectivity index (χ2v) is 5.02. The van der Waals surface area contributed by atoms with Gasteiger partial charge in [0.05, 0.1) is 6.42 Å². The van der Waals surface area contributed by atoms with E-state index in [1.807, 2.05) is 26.0 Å². The zero-order chi connectivity index (χ0) is 15.9. The SMILES string of the molecule is C=C(CC(=O)O)C(=O)O.Cc1ccccc1C(C)(C)N. The second-order valence-electron chi connectivity index (χ2n) is 5.02. The molecule has 0 aliphatic rings. The van der Waals surface area contributed by atoms with Gasteiger partial charge in [-0.15, -0.1) is 0 Å². The second kappa shape index (κ2) is 7.45. The molecule has 110 valence electrons. The van der Waals surface area contributed by atoms with Crippen LogP contribution < -0.4 is 5.73 Å². The van der Waals surface area contributed by atoms with Crippen molar-refractivity contribution in [3.8, 4) is 0 Å². The number of rotatable bonds is 4. The molecule has 0 radical (unpaired) electrons. The molecule has 20 heavy (non-hydrogen) atoms. The number of carboxylic acids is 2. The average Bonchev–Trinajstić information content (AvgIpc) is 2.27. The molecule has 0 aliphatic heterocycles. The summed E-state index contributed by atoms with van der Waals surface area (Å²) in [7, 11) is 0. The van der Waals surface area contributed by atoms with E-state index in [4.69, 9.17) is 15.9 Å². The largest absolute Gasteiger partial charge is 0.481 e. The molecule has 0 saturated heterocycles. The van der Waals surface area contributed by atoms with Crippen molar-refractivity contribution in [2.45, 2.75) is 32.7 Å². The number of nitrogens with two attached hydrogens (primary N) is 1. The summed E-state index contributed by atoms with van der Waals surface area (Å²) >= 11 is 0. The van der Waals surface area contributed by atoms with Crippen molar-refractivity contribution in [1.82, 2.24) is 0 Å². The summed E-state index contributed by atoms with van der Waals surface area (Å²) < 4.78 is 0. The smallest absolute Gasteiger partial charge is 0.331 e. The summed E-state index contributed by atoms with van der Waals surface area (Å²) in [6, 6.07) is 8.22. The van der Waals surface area contributed by atoms with E-state index in [9.17, 15) is 9.59 Å². The highest BCUT2D eigenvalue weighted by Crippen LogP contribution is 2.19. The van der Waals surface area contributed by atoms with E-state index >= 15 is 0 Å². The van der Waals surface area contributed by atoms with Gasteiger partial charge < -0.3 is 15.9 Å². The van der Waals surface area contributed by atoms with E-state index in [1.165, 1.54) is 11.1 Å². The summed E-state index contributed by atoms with van der Waals surface area (Å²) in [6.45, 7) is 9.15. The van der Waals surface area contributed by atoms with Gasteiger partial charge in [-0.05, 0) is 31.9 Å². The Hall–Kier alpha value is -2.14. The third-order valence-corrected chi connectivity index (χ3v) is 2.51. The average molecular weight is 279 g/mol. The Labute approximate surface area is 118 Å². The molecule has 5 nitrogen and oxygen atoms in total. The fraction of sp³-hybridized carbons (Fsp3) is 0.333. The van der Waals surface area contributed by atoms with E-state index in [-0.39, 0.29) is 11.1 Å². The van der Waals surface area contributed by atoms with Crippen LogP contribution >= 0.6 is 0 Å². The van der Waals surface area contributed by atoms with Crippen molar-refractivity contribution < 1.29 is 19.8 Å². The Balaban J connectivity index is 0.000000370. The molecule has 0 spiro atoms. The van der Waals surface area contributed by atoms with Crippen molar-refractivity contribution in [3.05, 3.63) is 47.5 Å². The van der Waals surface area contributed by atoms with Gasteiger partial charge in [-0.1, -0.05) is 30.8 Å². The summed E-state index contributed by atoms with van der Waals surface area (Å²) in [5.41, 5.74) is 7.92. The quantitative estimate of drug-likeness (QED) is 0.734. The van der Waals surface area contributed by atoms with Crippen LogP contribution in [0, 0.1) is 6.92 Å². The Morgan fingerprint density at radius 3 is 2.00 bits per heavy atom. The molecule has 0 bridgehead atoms. The molecular weight excluding hydrogens is 258 g/mol. The molecule has 0 aromatic heterocycles. The predicted octanol–water partition coefficient (Wildman–Crippen LogP) is 2.29. The Bertz CT molecular complexity index is 501. The first-order chi connectivity index (χ1) is 9.05. The van der Waals surface area contributed by atoms with Crippen molar-refractivity contribution in [2.24, 2.45) is 5.73 Å². The third-order valence-electron chi connectivity index (χ3n) is 2.51. The molecule has 0 atom stereocenters. The van der Waals surface area contributed by atoms with Crippen LogP contribution in [0.4, 0.5) is 0 Å². The van der Waals surface area contributed by atoms with Gasteiger partial charge in [0, 0.05) is 11.1 Å². The minimum atomic E-state index is -1.27. The van der Waals surface area contributed by atoms with Gasteiger partial charge in [-0.25, -0.2) is 4.79 Å². The maximum Gasteiger partial charge on any atom is 0.331 e. The van der Waals surface area contributed by atoms with Gasteiger partial charge in [0.15, 0.2) is 0 Å². The molecule has 0 heterocycles. The van der Waals surface area contributed by atoms with E-state index < -0.39 is 18.4 Å². The minimum absolute atomic E-state index is 0.217. The van der Waals surface area contributed by atoms with Gasteiger partial charge in [0.1, 0.15) is 0 Å². The molecule has 1 aromatic carbocycles. The monoisotopic (exact) mass is 279 g/mol. The number of hydrogen-bond donors (Lipinski definition) is 3. The van der Waals surface area contributed by atoms with Crippen LogP contribution in [-0.4, -0.2) is 22.2 Å². The fourth-order valence-electron chi connectivity index (χ4n) is 1.55. The van der Waals surface area contributed by atoms with Crippen molar-refractivity contribution in [3.63, 3.8) is 0 Å². The summed E-state index contributed by atoms with van der Waals surface area (Å²) in [6.07, 6.45) is -0.505. The van der Waals surface area contributed by atoms with Gasteiger partial charge in [-0.3, -0.25) is 4.79 Å². The normalized spacial score (nSPS) is 10.2. The first kappa shape index (κ1) is 17.9. The summed E-state index contributed by atoms with van der Waals surface area (Å²) in [4.78, 5) is 19.7. The van der Waals surface area contributed by atoms with Crippen LogP contribution in [0.15, 0.2) is 36.4 Å². The van der Waals surface area contributed by atoms with Gasteiger partial charge in [-0.2, -0.15) is 0 Å². The zero-order valence-corrected chi connectivity index (χ0v) is 12.0. The molecular formula is C15H21NO4. The van der Waals surface area contributed by atoms with E-state index in [0.717, 1.165) is 0 Å². The Morgan fingerprint density at radius 1 is 1.25 bits per heavy atom. The van der Waals surface area contributed by atoms with Crippen LogP contribution in [0.2, 0.25) is 0 Å². The third kappa shape index (κ3) is 6.70. The molecule has 5 heteroatoms. The standard InChI is InChI=1S/C10H15N.C5H6O4/c1-8-6-4-5-7-9(8)10(2,3)11;1-3(5(8)9)2-4(6)7/h4-7H,11H2,1-3H3;1-2H2,(H,6,7)(H,8,9). The lowest BCUT2D eigenvalue weighted by atomic mass is 9.92. The van der Waals surface area contributed by atoms with Crippen LogP contribution in [0.5, 0.6) is 0 Å². The Morgan fingerprint density at radius 2 is 1.75 bits per heavy atom. The molecule has 0 aliphatic carbocycles. The summed E-state index contributed by atoms with van der Waals surface area (Å²) in [5, 5.41) is 16.1. The maximum absolute atomic E-state index is 9.87. The van der Waals surface area contributed by atoms with E-state index in [2.05, 4.69) is 25.6 Å². The number of benzene rings is 1. The number of carbonyl (C=O) groups is 2. The Kier molecular flexibility index (Phi) is 6.65. The first-order valence-corrected chi connectivity index (χ1v) is 6.03. The highest BCUT2D eigenvalue weighted by atomic mass is 16.4. The molecule has 0 fully saturated rings. The molecule has 4 N–H and O–H groups in total. The number of aryl methyl sites for hydroxylation is 1.